The van der Waals surface area contributed by atoms with Crippen LogP contribution in [0.1, 0.15) is 25.0 Å². The Hall–Kier alpha value is -6.24. The molecule has 0 nitrogen and oxygen atoms in total. The SMILES string of the molecule is CC1(C)c2ccccc2-c2ccc(-c3cccc4c(-c5c6ccccc6c(-c6ccccc6-c6ccccc6)c6ccccc56)cccc34)cc21. The number of benzene rings is 9. The molecule has 0 heteroatoms. The largest absolute Gasteiger partial charge is 0.0622 e. The van der Waals surface area contributed by atoms with Crippen LogP contribution in [0.5, 0.6) is 0 Å². The number of hydrogen-bond donors (Lipinski definition) is 0. The summed E-state index contributed by atoms with van der Waals surface area (Å²) in [6.45, 7) is 4.72. The zero-order chi connectivity index (χ0) is 34.1. The number of fused-ring (bicyclic) bond motifs is 6. The minimum Gasteiger partial charge on any atom is -0.0622 e. The van der Waals surface area contributed by atoms with Crippen molar-refractivity contribution in [2.45, 2.75) is 19.3 Å². The summed E-state index contributed by atoms with van der Waals surface area (Å²) < 4.78 is 0. The second-order valence-electron chi connectivity index (χ2n) is 14.4. The van der Waals surface area contributed by atoms with Gasteiger partial charge in [0.1, 0.15) is 0 Å². The highest BCUT2D eigenvalue weighted by atomic mass is 14.4. The zero-order valence-corrected chi connectivity index (χ0v) is 28.8. The maximum Gasteiger partial charge on any atom is 0.0159 e. The Morgan fingerprint density at radius 2 is 0.725 bits per heavy atom. The maximum atomic E-state index is 2.44. The lowest BCUT2D eigenvalue weighted by molar-refractivity contribution is 0.660. The summed E-state index contributed by atoms with van der Waals surface area (Å²) in [4.78, 5) is 0. The fourth-order valence-electron chi connectivity index (χ4n) is 8.93. The smallest absolute Gasteiger partial charge is 0.0159 e. The van der Waals surface area contributed by atoms with Gasteiger partial charge in [0.05, 0.1) is 0 Å². The third-order valence-electron chi connectivity index (χ3n) is 11.3. The first-order chi connectivity index (χ1) is 25.1. The molecule has 0 fully saturated rings. The van der Waals surface area contributed by atoms with Crippen LogP contribution in [0.25, 0.3) is 88.0 Å². The Balaban J connectivity index is 1.22. The Labute approximate surface area is 299 Å². The first kappa shape index (κ1) is 29.7. The standard InChI is InChI=1S/C51H36/c1-51(2)47-29-13-12-19-39(47)40-31-30-34(32-48(40)51)36-25-14-27-38-37(36)26-15-28-42(38)50-45-23-10-8-21-43(45)49(44-22-9-11-24-46(44)50)41-20-7-6-18-35(41)33-16-4-3-5-17-33/h3-32H,1-2H3. The minimum atomic E-state index is -0.0453. The summed E-state index contributed by atoms with van der Waals surface area (Å²) >= 11 is 0. The minimum absolute atomic E-state index is 0.0453. The van der Waals surface area contributed by atoms with Crippen LogP contribution < -0.4 is 0 Å². The normalized spacial score (nSPS) is 13.1. The van der Waals surface area contributed by atoms with Crippen LogP contribution in [-0.4, -0.2) is 0 Å². The highest BCUT2D eigenvalue weighted by Crippen LogP contribution is 2.51. The molecular weight excluding hydrogens is 613 g/mol. The average Bonchev–Trinajstić information content (AvgIpc) is 3.42. The lowest BCUT2D eigenvalue weighted by Gasteiger charge is -2.22. The molecule has 240 valence electrons. The molecule has 51 heavy (non-hydrogen) atoms. The van der Waals surface area contributed by atoms with Gasteiger partial charge in [0.15, 0.2) is 0 Å². The Kier molecular flexibility index (Phi) is 6.63. The Bertz CT molecular complexity index is 2760. The molecule has 0 N–H and O–H groups in total. The molecular formula is C51H36. The van der Waals surface area contributed by atoms with Gasteiger partial charge in [-0.05, 0) is 105 Å². The summed E-state index contributed by atoms with van der Waals surface area (Å²) in [5, 5.41) is 7.61. The van der Waals surface area contributed by atoms with Crippen molar-refractivity contribution in [2.75, 3.05) is 0 Å². The van der Waals surface area contributed by atoms with Gasteiger partial charge in [0.25, 0.3) is 0 Å². The second kappa shape index (κ2) is 11.4. The number of hydrogen-bond acceptors (Lipinski definition) is 0. The third kappa shape index (κ3) is 4.46. The van der Waals surface area contributed by atoms with Crippen molar-refractivity contribution in [2.24, 2.45) is 0 Å². The van der Waals surface area contributed by atoms with E-state index in [-0.39, 0.29) is 5.41 Å². The second-order valence-corrected chi connectivity index (χ2v) is 14.4. The monoisotopic (exact) mass is 648 g/mol. The van der Waals surface area contributed by atoms with E-state index >= 15 is 0 Å². The maximum absolute atomic E-state index is 2.44. The Morgan fingerprint density at radius 3 is 1.39 bits per heavy atom. The summed E-state index contributed by atoms with van der Waals surface area (Å²) in [7, 11) is 0. The van der Waals surface area contributed by atoms with Gasteiger partial charge in [-0.25, -0.2) is 0 Å². The lowest BCUT2D eigenvalue weighted by Crippen LogP contribution is -2.14. The molecule has 1 aliphatic carbocycles. The van der Waals surface area contributed by atoms with Crippen LogP contribution in [0.2, 0.25) is 0 Å². The van der Waals surface area contributed by atoms with E-state index < -0.39 is 0 Å². The number of rotatable bonds is 4. The molecule has 0 radical (unpaired) electrons. The van der Waals surface area contributed by atoms with Crippen LogP contribution in [0.3, 0.4) is 0 Å². The van der Waals surface area contributed by atoms with Crippen molar-refractivity contribution in [3.63, 3.8) is 0 Å². The van der Waals surface area contributed by atoms with Gasteiger partial charge >= 0.3 is 0 Å². The molecule has 9 aromatic carbocycles. The van der Waals surface area contributed by atoms with Crippen molar-refractivity contribution < 1.29 is 0 Å². The summed E-state index contributed by atoms with van der Waals surface area (Å²) in [5.74, 6) is 0. The lowest BCUT2D eigenvalue weighted by atomic mass is 9.81. The van der Waals surface area contributed by atoms with E-state index in [0.29, 0.717) is 0 Å². The van der Waals surface area contributed by atoms with E-state index in [1.54, 1.807) is 0 Å². The van der Waals surface area contributed by atoms with E-state index in [1.165, 1.54) is 99.1 Å². The summed E-state index contributed by atoms with van der Waals surface area (Å²) in [6.07, 6.45) is 0. The molecule has 0 aromatic heterocycles. The van der Waals surface area contributed by atoms with Crippen molar-refractivity contribution in [3.8, 4) is 55.6 Å². The van der Waals surface area contributed by atoms with Crippen molar-refractivity contribution in [3.05, 3.63) is 193 Å². The van der Waals surface area contributed by atoms with E-state index in [2.05, 4.69) is 196 Å². The fraction of sp³-hybridized carbons (Fsp3) is 0.0588. The molecule has 1 aliphatic rings. The first-order valence-corrected chi connectivity index (χ1v) is 17.9. The van der Waals surface area contributed by atoms with Gasteiger partial charge in [0.2, 0.25) is 0 Å². The highest BCUT2D eigenvalue weighted by molar-refractivity contribution is 6.24. The van der Waals surface area contributed by atoms with E-state index in [9.17, 15) is 0 Å². The zero-order valence-electron chi connectivity index (χ0n) is 28.8. The molecule has 0 bridgehead atoms. The van der Waals surface area contributed by atoms with Crippen LogP contribution in [0.4, 0.5) is 0 Å². The molecule has 10 rings (SSSR count). The quantitative estimate of drug-likeness (QED) is 0.167. The van der Waals surface area contributed by atoms with Crippen LogP contribution >= 0.6 is 0 Å². The first-order valence-electron chi connectivity index (χ1n) is 17.9. The topological polar surface area (TPSA) is 0 Å². The highest BCUT2D eigenvalue weighted by Gasteiger charge is 2.35. The van der Waals surface area contributed by atoms with Gasteiger partial charge in [-0.15, -0.1) is 0 Å². The predicted molar refractivity (Wildman–Crippen MR) is 218 cm³/mol. The van der Waals surface area contributed by atoms with Gasteiger partial charge in [-0.1, -0.05) is 190 Å². The van der Waals surface area contributed by atoms with Crippen LogP contribution in [-0.2, 0) is 5.41 Å². The Morgan fingerprint density at radius 1 is 0.275 bits per heavy atom. The van der Waals surface area contributed by atoms with Crippen LogP contribution in [0.15, 0.2) is 182 Å². The summed E-state index contributed by atoms with van der Waals surface area (Å²) in [5.41, 5.74) is 15.6. The third-order valence-corrected chi connectivity index (χ3v) is 11.3. The van der Waals surface area contributed by atoms with E-state index in [1.807, 2.05) is 0 Å². The molecule has 0 aliphatic heterocycles. The average molecular weight is 649 g/mol. The van der Waals surface area contributed by atoms with Crippen molar-refractivity contribution >= 4 is 32.3 Å². The van der Waals surface area contributed by atoms with E-state index in [0.717, 1.165) is 0 Å². The molecule has 9 aromatic rings. The van der Waals surface area contributed by atoms with Crippen molar-refractivity contribution in [1.29, 1.82) is 0 Å². The molecule has 0 saturated heterocycles. The van der Waals surface area contributed by atoms with Gasteiger partial charge < -0.3 is 0 Å². The predicted octanol–water partition coefficient (Wildman–Crippen LogP) is 14.1. The van der Waals surface area contributed by atoms with Crippen molar-refractivity contribution in [1.82, 2.24) is 0 Å². The fourth-order valence-corrected chi connectivity index (χ4v) is 8.93. The molecule has 0 atom stereocenters. The van der Waals surface area contributed by atoms with Gasteiger partial charge in [0, 0.05) is 5.41 Å². The molecule has 0 spiro atoms. The van der Waals surface area contributed by atoms with Crippen LogP contribution in [0, 0.1) is 0 Å². The van der Waals surface area contributed by atoms with Gasteiger partial charge in [-0.2, -0.15) is 0 Å². The summed E-state index contributed by atoms with van der Waals surface area (Å²) in [6, 6.07) is 67.3. The molecule has 0 heterocycles. The van der Waals surface area contributed by atoms with Gasteiger partial charge in [-0.3, -0.25) is 0 Å². The molecule has 0 unspecified atom stereocenters. The van der Waals surface area contributed by atoms with E-state index in [4.69, 9.17) is 0 Å². The molecule has 0 saturated carbocycles. The molecule has 0 amide bonds.